The van der Waals surface area contributed by atoms with Gasteiger partial charge in [-0.05, 0) is 38.7 Å². The first kappa shape index (κ1) is 16.5. The maximum Gasteiger partial charge on any atom is 0.245 e. The first-order valence-corrected chi connectivity index (χ1v) is 8.29. The molecule has 1 aliphatic rings. The van der Waals surface area contributed by atoms with E-state index in [1.165, 1.54) is 5.56 Å². The van der Waals surface area contributed by atoms with Gasteiger partial charge in [-0.2, -0.15) is 0 Å². The Morgan fingerprint density at radius 3 is 2.50 bits per heavy atom. The molecule has 0 N–H and O–H groups in total. The third-order valence-corrected chi connectivity index (χ3v) is 4.40. The molecule has 120 valence electrons. The number of nitrogens with zero attached hydrogens (tertiary/aromatic N) is 2. The van der Waals surface area contributed by atoms with E-state index in [9.17, 15) is 9.59 Å². The number of hydrogen-bond donors (Lipinski definition) is 0. The highest BCUT2D eigenvalue weighted by Gasteiger charge is 2.35. The predicted octanol–water partition coefficient (Wildman–Crippen LogP) is 2.48. The van der Waals surface area contributed by atoms with Crippen molar-refractivity contribution in [3.63, 3.8) is 0 Å². The van der Waals surface area contributed by atoms with Gasteiger partial charge in [0.2, 0.25) is 11.8 Å². The molecule has 4 heteroatoms. The first-order chi connectivity index (χ1) is 10.7. The van der Waals surface area contributed by atoms with Crippen molar-refractivity contribution in [2.75, 3.05) is 19.6 Å². The van der Waals surface area contributed by atoms with E-state index in [0.29, 0.717) is 26.1 Å². The number of carbonyl (C=O) groups is 2. The molecular formula is C18H26N2O2. The highest BCUT2D eigenvalue weighted by molar-refractivity contribution is 5.88. The van der Waals surface area contributed by atoms with Crippen molar-refractivity contribution in [1.29, 1.82) is 0 Å². The molecule has 0 saturated carbocycles. The summed E-state index contributed by atoms with van der Waals surface area (Å²) in [6.45, 7) is 6.09. The smallest absolute Gasteiger partial charge is 0.245 e. The Bertz CT molecular complexity index is 497. The van der Waals surface area contributed by atoms with Gasteiger partial charge in [-0.25, -0.2) is 0 Å². The van der Waals surface area contributed by atoms with Gasteiger partial charge in [0.1, 0.15) is 6.04 Å². The number of amides is 2. The van der Waals surface area contributed by atoms with Crippen molar-refractivity contribution >= 4 is 11.8 Å². The van der Waals surface area contributed by atoms with E-state index >= 15 is 0 Å². The van der Waals surface area contributed by atoms with Crippen LogP contribution in [0.25, 0.3) is 0 Å². The van der Waals surface area contributed by atoms with E-state index in [-0.39, 0.29) is 17.9 Å². The van der Waals surface area contributed by atoms with Crippen molar-refractivity contribution < 1.29 is 9.59 Å². The summed E-state index contributed by atoms with van der Waals surface area (Å²) in [5.74, 6) is 0.211. The Labute approximate surface area is 133 Å². The quantitative estimate of drug-likeness (QED) is 0.810. The van der Waals surface area contributed by atoms with Gasteiger partial charge >= 0.3 is 0 Å². The van der Waals surface area contributed by atoms with Gasteiger partial charge < -0.3 is 9.80 Å². The lowest BCUT2D eigenvalue weighted by atomic mass is 10.1. The molecule has 0 bridgehead atoms. The third kappa shape index (κ3) is 3.87. The molecule has 1 aromatic carbocycles. The lowest BCUT2D eigenvalue weighted by molar-refractivity contribution is -0.143. The molecule has 0 aliphatic carbocycles. The maximum absolute atomic E-state index is 12.5. The zero-order valence-electron chi connectivity index (χ0n) is 13.6. The molecule has 0 aromatic heterocycles. The van der Waals surface area contributed by atoms with Gasteiger partial charge in [0.05, 0.1) is 0 Å². The van der Waals surface area contributed by atoms with Crippen LogP contribution in [0.3, 0.4) is 0 Å². The minimum Gasteiger partial charge on any atom is -0.341 e. The lowest BCUT2D eigenvalue weighted by Crippen LogP contribution is -2.47. The molecule has 1 saturated heterocycles. The molecule has 2 rings (SSSR count). The van der Waals surface area contributed by atoms with Crippen LogP contribution < -0.4 is 0 Å². The summed E-state index contributed by atoms with van der Waals surface area (Å²) in [6, 6.07) is 9.78. The molecular weight excluding hydrogens is 276 g/mol. The van der Waals surface area contributed by atoms with E-state index in [2.05, 4.69) is 0 Å². The van der Waals surface area contributed by atoms with E-state index < -0.39 is 0 Å². The Morgan fingerprint density at radius 2 is 1.86 bits per heavy atom. The molecule has 1 fully saturated rings. The van der Waals surface area contributed by atoms with Crippen molar-refractivity contribution in [2.45, 2.75) is 45.6 Å². The Balaban J connectivity index is 1.94. The summed E-state index contributed by atoms with van der Waals surface area (Å²) in [5, 5.41) is 0. The zero-order valence-corrected chi connectivity index (χ0v) is 13.6. The fourth-order valence-corrected chi connectivity index (χ4v) is 3.11. The molecule has 22 heavy (non-hydrogen) atoms. The van der Waals surface area contributed by atoms with Crippen molar-refractivity contribution in [3.8, 4) is 0 Å². The molecule has 0 spiro atoms. The van der Waals surface area contributed by atoms with Crippen molar-refractivity contribution in [1.82, 2.24) is 9.80 Å². The summed E-state index contributed by atoms with van der Waals surface area (Å²) in [5.41, 5.74) is 1.17. The molecule has 0 radical (unpaired) electrons. The van der Waals surface area contributed by atoms with Crippen LogP contribution in [-0.2, 0) is 16.0 Å². The Morgan fingerprint density at radius 1 is 1.18 bits per heavy atom. The highest BCUT2D eigenvalue weighted by atomic mass is 16.2. The lowest BCUT2D eigenvalue weighted by Gasteiger charge is -2.29. The van der Waals surface area contributed by atoms with Gasteiger partial charge in [-0.15, -0.1) is 0 Å². The second kappa shape index (κ2) is 7.97. The maximum atomic E-state index is 12.5. The van der Waals surface area contributed by atoms with Crippen LogP contribution in [0.1, 0.15) is 38.7 Å². The third-order valence-electron chi connectivity index (χ3n) is 4.40. The van der Waals surface area contributed by atoms with Crippen LogP contribution in [-0.4, -0.2) is 47.3 Å². The van der Waals surface area contributed by atoms with Crippen LogP contribution in [0.5, 0.6) is 0 Å². The zero-order chi connectivity index (χ0) is 15.9. The predicted molar refractivity (Wildman–Crippen MR) is 87.4 cm³/mol. The summed E-state index contributed by atoms with van der Waals surface area (Å²) in [4.78, 5) is 28.6. The average Bonchev–Trinajstić information content (AvgIpc) is 3.04. The number of benzene rings is 1. The van der Waals surface area contributed by atoms with Crippen molar-refractivity contribution in [2.24, 2.45) is 0 Å². The molecule has 4 nitrogen and oxygen atoms in total. The largest absolute Gasteiger partial charge is 0.341 e. The summed E-state index contributed by atoms with van der Waals surface area (Å²) < 4.78 is 0. The second-order valence-electron chi connectivity index (χ2n) is 5.74. The van der Waals surface area contributed by atoms with Gasteiger partial charge in [0.25, 0.3) is 0 Å². The molecule has 1 heterocycles. The second-order valence-corrected chi connectivity index (χ2v) is 5.74. The fraction of sp³-hybridized carbons (Fsp3) is 0.556. The minimum atomic E-state index is -0.247. The van der Waals surface area contributed by atoms with Gasteiger partial charge in [-0.3, -0.25) is 9.59 Å². The van der Waals surface area contributed by atoms with Crippen LogP contribution in [0.4, 0.5) is 0 Å². The number of rotatable bonds is 6. The monoisotopic (exact) mass is 302 g/mol. The SMILES string of the molecule is CCN(CC)C(=O)[C@@H]1CCCN1C(=O)CCc1ccccc1. The topological polar surface area (TPSA) is 40.6 Å². The van der Waals surface area contributed by atoms with Crippen LogP contribution in [0.2, 0.25) is 0 Å². The molecule has 1 aliphatic heterocycles. The van der Waals surface area contributed by atoms with E-state index in [1.807, 2.05) is 49.1 Å². The molecule has 1 atom stereocenters. The number of likely N-dealkylation sites (N-methyl/N-ethyl adjacent to an activating group) is 1. The standard InChI is InChI=1S/C18H26N2O2/c1-3-19(4-2)18(22)16-11-8-14-20(16)17(21)13-12-15-9-6-5-7-10-15/h5-7,9-10,16H,3-4,8,11-14H2,1-2H3/t16-/m0/s1. The minimum absolute atomic E-state index is 0.104. The van der Waals surface area contributed by atoms with E-state index in [1.54, 1.807) is 4.90 Å². The first-order valence-electron chi connectivity index (χ1n) is 8.29. The molecule has 0 unspecified atom stereocenters. The van der Waals surface area contributed by atoms with E-state index in [4.69, 9.17) is 0 Å². The van der Waals surface area contributed by atoms with Crippen molar-refractivity contribution in [3.05, 3.63) is 35.9 Å². The number of carbonyl (C=O) groups excluding carboxylic acids is 2. The fourth-order valence-electron chi connectivity index (χ4n) is 3.11. The number of aryl methyl sites for hydroxylation is 1. The molecule has 2 amide bonds. The van der Waals surface area contributed by atoms with Gasteiger partial charge in [0, 0.05) is 26.1 Å². The average molecular weight is 302 g/mol. The Hall–Kier alpha value is -1.84. The van der Waals surface area contributed by atoms with Gasteiger partial charge in [0.15, 0.2) is 0 Å². The van der Waals surface area contributed by atoms with E-state index in [0.717, 1.165) is 19.3 Å². The highest BCUT2D eigenvalue weighted by Crippen LogP contribution is 2.21. The summed E-state index contributed by atoms with van der Waals surface area (Å²) >= 11 is 0. The summed E-state index contributed by atoms with van der Waals surface area (Å²) in [6.07, 6.45) is 2.94. The molecule has 1 aromatic rings. The van der Waals surface area contributed by atoms with Crippen LogP contribution >= 0.6 is 0 Å². The Kier molecular flexibility index (Phi) is 5.99. The van der Waals surface area contributed by atoms with Gasteiger partial charge in [-0.1, -0.05) is 30.3 Å². The number of likely N-dealkylation sites (tertiary alicyclic amines) is 1. The summed E-state index contributed by atoms with van der Waals surface area (Å²) in [7, 11) is 0. The van der Waals surface area contributed by atoms with Crippen LogP contribution in [0, 0.1) is 0 Å². The van der Waals surface area contributed by atoms with Crippen LogP contribution in [0.15, 0.2) is 30.3 Å². The number of hydrogen-bond acceptors (Lipinski definition) is 2. The normalized spacial score (nSPS) is 17.5.